The Morgan fingerprint density at radius 2 is 1.81 bits per heavy atom. The predicted molar refractivity (Wildman–Crippen MR) is 56.2 cm³/mol. The van der Waals surface area contributed by atoms with E-state index in [1.54, 1.807) is 24.3 Å². The number of rotatable bonds is 3. The molecule has 4 nitrogen and oxygen atoms in total. The van der Waals surface area contributed by atoms with E-state index in [0.29, 0.717) is 5.56 Å². The molecule has 2 rings (SSSR count). The summed E-state index contributed by atoms with van der Waals surface area (Å²) in [6.45, 7) is 1.90. The molecule has 1 aliphatic rings. The maximum atomic E-state index is 11.2. The van der Waals surface area contributed by atoms with Crippen molar-refractivity contribution in [3.05, 3.63) is 35.4 Å². The zero-order chi connectivity index (χ0) is 11.9. The molecule has 1 fully saturated rings. The van der Waals surface area contributed by atoms with E-state index in [9.17, 15) is 14.7 Å². The lowest BCUT2D eigenvalue weighted by atomic mass is 9.92. The van der Waals surface area contributed by atoms with Crippen LogP contribution in [0.2, 0.25) is 0 Å². The average Bonchev–Trinajstić information content (AvgIpc) is 2.95. The van der Waals surface area contributed by atoms with E-state index in [2.05, 4.69) is 0 Å². The topological polar surface area (TPSA) is 74.6 Å². The zero-order valence-corrected chi connectivity index (χ0v) is 8.80. The molecule has 2 atom stereocenters. The van der Waals surface area contributed by atoms with Crippen LogP contribution in [0.4, 0.5) is 0 Å². The highest BCUT2D eigenvalue weighted by Crippen LogP contribution is 2.54. The summed E-state index contributed by atoms with van der Waals surface area (Å²) >= 11 is 0. The molecule has 1 saturated carbocycles. The van der Waals surface area contributed by atoms with Gasteiger partial charge in [-0.2, -0.15) is 0 Å². The fourth-order valence-corrected chi connectivity index (χ4v) is 2.09. The summed E-state index contributed by atoms with van der Waals surface area (Å²) in [5.74, 6) is -2.89. The molecule has 2 N–H and O–H groups in total. The summed E-state index contributed by atoms with van der Waals surface area (Å²) in [6, 6.07) is 7.01. The van der Waals surface area contributed by atoms with Crippen LogP contribution in [0.15, 0.2) is 24.3 Å². The van der Waals surface area contributed by atoms with E-state index >= 15 is 0 Å². The molecule has 0 aromatic heterocycles. The number of carboxylic acid groups (broad SMARTS) is 2. The number of hydrogen-bond acceptors (Lipinski definition) is 2. The molecule has 1 aliphatic carbocycles. The lowest BCUT2D eigenvalue weighted by molar-refractivity contribution is -0.145. The minimum Gasteiger partial charge on any atom is -0.481 e. The monoisotopic (exact) mass is 220 g/mol. The second kappa shape index (κ2) is 3.33. The molecule has 0 amide bonds. The van der Waals surface area contributed by atoms with Gasteiger partial charge in [0.25, 0.3) is 0 Å². The predicted octanol–water partition coefficient (Wildman–Crippen LogP) is 1.42. The highest BCUT2D eigenvalue weighted by Gasteiger charge is 2.65. The molecule has 1 unspecified atom stereocenters. The second-order valence-electron chi connectivity index (χ2n) is 4.24. The van der Waals surface area contributed by atoms with Gasteiger partial charge in [0, 0.05) is 0 Å². The summed E-state index contributed by atoms with van der Waals surface area (Å²) in [5.41, 5.74) is 0.398. The van der Waals surface area contributed by atoms with Crippen molar-refractivity contribution >= 4 is 11.9 Å². The first-order chi connectivity index (χ1) is 7.48. The fraction of sp³-hybridized carbons (Fsp3) is 0.333. The van der Waals surface area contributed by atoms with Gasteiger partial charge >= 0.3 is 11.9 Å². The van der Waals surface area contributed by atoms with Crippen LogP contribution >= 0.6 is 0 Å². The van der Waals surface area contributed by atoms with Gasteiger partial charge in [-0.25, -0.2) is 0 Å². The van der Waals surface area contributed by atoms with E-state index in [1.807, 2.05) is 6.92 Å². The van der Waals surface area contributed by atoms with Crippen molar-refractivity contribution in [3.8, 4) is 0 Å². The van der Waals surface area contributed by atoms with Crippen LogP contribution in [0.25, 0.3) is 0 Å². The maximum absolute atomic E-state index is 11.2. The average molecular weight is 220 g/mol. The number of hydrogen-bond donors (Lipinski definition) is 2. The normalized spacial score (nSPS) is 27.4. The summed E-state index contributed by atoms with van der Waals surface area (Å²) in [7, 11) is 0. The first-order valence-electron chi connectivity index (χ1n) is 5.02. The lowest BCUT2D eigenvalue weighted by Crippen LogP contribution is -2.25. The van der Waals surface area contributed by atoms with Gasteiger partial charge in [-0.05, 0) is 18.9 Å². The van der Waals surface area contributed by atoms with E-state index in [1.165, 1.54) is 0 Å². The van der Waals surface area contributed by atoms with E-state index in [0.717, 1.165) is 5.56 Å². The molecule has 0 spiro atoms. The molecule has 1 aromatic carbocycles. The first-order valence-corrected chi connectivity index (χ1v) is 5.02. The summed E-state index contributed by atoms with van der Waals surface area (Å²) in [4.78, 5) is 22.1. The minimum absolute atomic E-state index is 0.181. The number of aryl methyl sites for hydroxylation is 1. The number of carbonyl (C=O) groups is 2. The van der Waals surface area contributed by atoms with Crippen LogP contribution < -0.4 is 0 Å². The van der Waals surface area contributed by atoms with Gasteiger partial charge in [-0.3, -0.25) is 9.59 Å². The van der Waals surface area contributed by atoms with Crippen LogP contribution in [-0.4, -0.2) is 22.2 Å². The van der Waals surface area contributed by atoms with Crippen molar-refractivity contribution in [2.24, 2.45) is 5.92 Å². The molecular formula is C12H12O4. The Morgan fingerprint density at radius 3 is 2.19 bits per heavy atom. The molecule has 0 heterocycles. The Balaban J connectivity index is 2.40. The molecule has 0 aliphatic heterocycles. The van der Waals surface area contributed by atoms with Crippen molar-refractivity contribution in [1.82, 2.24) is 0 Å². The molecule has 4 heteroatoms. The Bertz CT molecular complexity index is 449. The van der Waals surface area contributed by atoms with Crippen molar-refractivity contribution < 1.29 is 19.8 Å². The van der Waals surface area contributed by atoms with Gasteiger partial charge in [0.2, 0.25) is 0 Å². The standard InChI is InChI=1S/C12H12O4/c1-7-2-4-8(5-3-7)12(11(15)16)6-9(12)10(13)14/h2-5,9H,6H2,1H3,(H,13,14)(H,15,16)/t9?,12-/m0/s1. The SMILES string of the molecule is Cc1ccc([C@@]2(C(=O)O)CC2C(=O)O)cc1. The van der Waals surface area contributed by atoms with Crippen molar-refractivity contribution in [2.45, 2.75) is 18.8 Å². The Kier molecular flexibility index (Phi) is 2.22. The van der Waals surface area contributed by atoms with Gasteiger partial charge < -0.3 is 10.2 Å². The van der Waals surface area contributed by atoms with Crippen LogP contribution in [0.1, 0.15) is 17.5 Å². The Labute approximate surface area is 92.5 Å². The molecule has 0 saturated heterocycles. The maximum Gasteiger partial charge on any atom is 0.315 e. The third kappa shape index (κ3) is 1.38. The number of carboxylic acids is 2. The summed E-state index contributed by atoms with van der Waals surface area (Å²) in [5, 5.41) is 18.1. The minimum atomic E-state index is -1.21. The van der Waals surface area contributed by atoms with Crippen molar-refractivity contribution in [2.75, 3.05) is 0 Å². The van der Waals surface area contributed by atoms with Crippen LogP contribution in [0.5, 0.6) is 0 Å². The van der Waals surface area contributed by atoms with Crippen molar-refractivity contribution in [1.29, 1.82) is 0 Å². The molecule has 1 aromatic rings. The summed E-state index contributed by atoms with van der Waals surface area (Å²) < 4.78 is 0. The van der Waals surface area contributed by atoms with Crippen LogP contribution in [0.3, 0.4) is 0 Å². The first kappa shape index (κ1) is 10.7. The lowest BCUT2D eigenvalue weighted by Gasteiger charge is -2.11. The third-order valence-electron chi connectivity index (χ3n) is 3.21. The van der Waals surface area contributed by atoms with Gasteiger partial charge in [0.05, 0.1) is 5.92 Å². The van der Waals surface area contributed by atoms with Crippen LogP contribution in [0, 0.1) is 12.8 Å². The third-order valence-corrected chi connectivity index (χ3v) is 3.21. The van der Waals surface area contributed by atoms with E-state index in [-0.39, 0.29) is 6.42 Å². The molecule has 16 heavy (non-hydrogen) atoms. The fourth-order valence-electron chi connectivity index (χ4n) is 2.09. The molecular weight excluding hydrogens is 208 g/mol. The largest absolute Gasteiger partial charge is 0.481 e. The zero-order valence-electron chi connectivity index (χ0n) is 8.80. The van der Waals surface area contributed by atoms with Gasteiger partial charge in [-0.15, -0.1) is 0 Å². The molecule has 0 radical (unpaired) electrons. The van der Waals surface area contributed by atoms with E-state index < -0.39 is 23.3 Å². The smallest absolute Gasteiger partial charge is 0.315 e. The number of aliphatic carboxylic acids is 2. The van der Waals surface area contributed by atoms with Crippen LogP contribution in [-0.2, 0) is 15.0 Å². The molecule has 0 bridgehead atoms. The highest BCUT2D eigenvalue weighted by atomic mass is 16.4. The van der Waals surface area contributed by atoms with Gasteiger partial charge in [0.1, 0.15) is 5.41 Å². The highest BCUT2D eigenvalue weighted by molar-refractivity contribution is 5.94. The summed E-state index contributed by atoms with van der Waals surface area (Å²) in [6.07, 6.45) is 0.181. The molecule has 84 valence electrons. The second-order valence-corrected chi connectivity index (χ2v) is 4.24. The van der Waals surface area contributed by atoms with Gasteiger partial charge in [0.15, 0.2) is 0 Å². The van der Waals surface area contributed by atoms with Crippen molar-refractivity contribution in [3.63, 3.8) is 0 Å². The Hall–Kier alpha value is -1.84. The van der Waals surface area contributed by atoms with E-state index in [4.69, 9.17) is 5.11 Å². The Morgan fingerprint density at radius 1 is 1.25 bits per heavy atom. The quantitative estimate of drug-likeness (QED) is 0.807. The van der Waals surface area contributed by atoms with Gasteiger partial charge in [-0.1, -0.05) is 29.8 Å². The number of benzene rings is 1.